The zero-order chi connectivity index (χ0) is 18.6. The maximum absolute atomic E-state index is 10.3. The van der Waals surface area contributed by atoms with Gasteiger partial charge in [-0.05, 0) is 71.2 Å². The second kappa shape index (κ2) is 8.93. The first kappa shape index (κ1) is 20.1. The number of hydrogen-bond donors (Lipinski definition) is 2. The van der Waals surface area contributed by atoms with Crippen LogP contribution in [0.2, 0.25) is 0 Å². The highest BCUT2D eigenvalue weighted by molar-refractivity contribution is 14.1. The van der Waals surface area contributed by atoms with Crippen LogP contribution in [0.4, 0.5) is 0 Å². The van der Waals surface area contributed by atoms with Crippen LogP contribution in [-0.4, -0.2) is 14.6 Å². The molecular weight excluding hydrogens is 423 g/mol. The molecule has 0 atom stereocenters. The van der Waals surface area contributed by atoms with Crippen molar-refractivity contribution < 1.29 is 10.2 Å². The summed E-state index contributed by atoms with van der Waals surface area (Å²) < 4.78 is 0.972. The van der Waals surface area contributed by atoms with Crippen LogP contribution in [0.5, 0.6) is 11.5 Å². The van der Waals surface area contributed by atoms with Crippen LogP contribution in [0.25, 0.3) is 0 Å². The number of hydrogen-bond acceptors (Lipinski definition) is 2. The molecule has 0 saturated carbocycles. The van der Waals surface area contributed by atoms with E-state index in [2.05, 4.69) is 62.4 Å². The van der Waals surface area contributed by atoms with Gasteiger partial charge in [-0.3, -0.25) is 0 Å². The van der Waals surface area contributed by atoms with Gasteiger partial charge in [0.05, 0.1) is 0 Å². The third kappa shape index (κ3) is 3.81. The summed E-state index contributed by atoms with van der Waals surface area (Å²) >= 11 is 2.46. The fourth-order valence-electron chi connectivity index (χ4n) is 4.01. The molecule has 0 aromatic heterocycles. The molecule has 2 N–H and O–H groups in total. The van der Waals surface area contributed by atoms with Gasteiger partial charge in [-0.1, -0.05) is 62.4 Å². The zero-order valence-electron chi connectivity index (χ0n) is 15.7. The molecule has 136 valence electrons. The van der Waals surface area contributed by atoms with E-state index in [1.807, 2.05) is 12.1 Å². The number of benzene rings is 2. The van der Waals surface area contributed by atoms with Crippen LogP contribution < -0.4 is 0 Å². The Hall–Kier alpha value is -1.23. The Labute approximate surface area is 165 Å². The number of phenols is 2. The molecule has 0 unspecified atom stereocenters. The molecule has 25 heavy (non-hydrogen) atoms. The molecule has 0 amide bonds. The van der Waals surface area contributed by atoms with Crippen molar-refractivity contribution >= 4 is 22.6 Å². The van der Waals surface area contributed by atoms with Gasteiger partial charge in [0, 0.05) is 10.3 Å². The van der Waals surface area contributed by atoms with Crippen molar-refractivity contribution in [2.45, 2.75) is 59.3 Å². The molecule has 0 heterocycles. The second-order valence-corrected chi connectivity index (χ2v) is 7.26. The van der Waals surface area contributed by atoms with Crippen molar-refractivity contribution in [3.05, 3.63) is 57.6 Å². The van der Waals surface area contributed by atoms with E-state index < -0.39 is 0 Å². The van der Waals surface area contributed by atoms with Crippen LogP contribution >= 0.6 is 22.6 Å². The molecule has 2 rings (SSSR count). The van der Waals surface area contributed by atoms with Crippen LogP contribution in [0.1, 0.15) is 67.0 Å². The first-order chi connectivity index (χ1) is 12.0. The maximum atomic E-state index is 10.3. The van der Waals surface area contributed by atoms with Crippen molar-refractivity contribution in [2.24, 2.45) is 0 Å². The predicted octanol–water partition coefficient (Wildman–Crippen LogP) is 5.91. The zero-order valence-corrected chi connectivity index (χ0v) is 17.9. The molecule has 2 aromatic carbocycles. The molecule has 3 heteroatoms. The van der Waals surface area contributed by atoms with Gasteiger partial charge in [0.2, 0.25) is 0 Å². The van der Waals surface area contributed by atoms with Crippen molar-refractivity contribution in [3.63, 3.8) is 0 Å². The summed E-state index contributed by atoms with van der Waals surface area (Å²) in [6.45, 7) is 8.53. The van der Waals surface area contributed by atoms with Crippen molar-refractivity contribution in [3.8, 4) is 11.5 Å². The van der Waals surface area contributed by atoms with Gasteiger partial charge in [-0.15, -0.1) is 0 Å². The largest absolute Gasteiger partial charge is 0.508 e. The minimum atomic E-state index is 0.280. The summed E-state index contributed by atoms with van der Waals surface area (Å²) in [6.07, 6.45) is 3.51. The van der Waals surface area contributed by atoms with Gasteiger partial charge >= 0.3 is 0 Å². The van der Waals surface area contributed by atoms with Gasteiger partial charge in [-0.25, -0.2) is 0 Å². The van der Waals surface area contributed by atoms with E-state index in [1.54, 1.807) is 0 Å². The monoisotopic (exact) mass is 452 g/mol. The highest BCUT2D eigenvalue weighted by Gasteiger charge is 2.23. The summed E-state index contributed by atoms with van der Waals surface area (Å²) in [5.41, 5.74) is 7.32. The lowest BCUT2D eigenvalue weighted by molar-refractivity contribution is 0.467. The molecule has 0 fully saturated rings. The molecule has 2 nitrogen and oxygen atoms in total. The Morgan fingerprint density at radius 1 is 0.680 bits per heavy atom. The highest BCUT2D eigenvalue weighted by atomic mass is 127. The van der Waals surface area contributed by atoms with Crippen LogP contribution in [0.3, 0.4) is 0 Å². The Bertz CT molecular complexity index is 676. The minimum absolute atomic E-state index is 0.280. The Morgan fingerprint density at radius 3 is 1.32 bits per heavy atom. The molecule has 0 spiro atoms. The number of rotatable bonds is 7. The molecule has 0 bridgehead atoms. The van der Waals surface area contributed by atoms with Gasteiger partial charge in [0.1, 0.15) is 11.5 Å². The Morgan fingerprint density at radius 2 is 1.04 bits per heavy atom. The normalized spacial score (nSPS) is 11.3. The van der Waals surface area contributed by atoms with Crippen LogP contribution in [-0.2, 0) is 25.7 Å². The third-order valence-electron chi connectivity index (χ3n) is 5.20. The molecule has 0 aliphatic rings. The van der Waals surface area contributed by atoms with Crippen LogP contribution in [0.15, 0.2) is 24.3 Å². The molecule has 2 aromatic rings. The first-order valence-corrected chi connectivity index (χ1v) is 10.8. The Balaban J connectivity index is 2.70. The van der Waals surface area contributed by atoms with E-state index in [4.69, 9.17) is 0 Å². The van der Waals surface area contributed by atoms with E-state index >= 15 is 0 Å². The van der Waals surface area contributed by atoms with Gasteiger partial charge < -0.3 is 10.2 Å². The van der Waals surface area contributed by atoms with E-state index in [1.165, 1.54) is 22.3 Å². The average molecular weight is 452 g/mol. The van der Waals surface area contributed by atoms with Crippen molar-refractivity contribution in [2.75, 3.05) is 4.43 Å². The summed E-state index contributed by atoms with van der Waals surface area (Å²) in [5, 5.41) is 20.5. The Kier molecular flexibility index (Phi) is 7.17. The summed E-state index contributed by atoms with van der Waals surface area (Å²) in [7, 11) is 0. The maximum Gasteiger partial charge on any atom is 0.119 e. The summed E-state index contributed by atoms with van der Waals surface area (Å²) in [5.74, 6) is 1.10. The molecule has 0 saturated heterocycles. The highest BCUT2D eigenvalue weighted by Crippen LogP contribution is 2.38. The van der Waals surface area contributed by atoms with Crippen LogP contribution in [0, 0.1) is 0 Å². The smallest absolute Gasteiger partial charge is 0.119 e. The fraction of sp³-hybridized carbons (Fsp3) is 0.455. The molecule has 0 radical (unpaired) electrons. The summed E-state index contributed by atoms with van der Waals surface area (Å²) in [4.78, 5) is 0. The molecule has 0 aliphatic heterocycles. The van der Waals surface area contributed by atoms with E-state index in [0.717, 1.165) is 41.2 Å². The van der Waals surface area contributed by atoms with Gasteiger partial charge in [-0.2, -0.15) is 0 Å². The number of alkyl halides is 1. The molecular formula is C22H29IO2. The standard InChI is InChI=1S/C22H29IO2/c1-5-14-16(7-3)21(24)11-9-18(14)20(13-23)19-10-12-22(25)17(8-4)15(19)6-2/h9-12,20,24-25H,5-8,13H2,1-4H3. The van der Waals surface area contributed by atoms with Crippen molar-refractivity contribution in [1.82, 2.24) is 0 Å². The second-order valence-electron chi connectivity index (χ2n) is 6.38. The lowest BCUT2D eigenvalue weighted by Crippen LogP contribution is -2.11. The third-order valence-corrected chi connectivity index (χ3v) is 6.09. The number of aromatic hydroxyl groups is 2. The van der Waals surface area contributed by atoms with Gasteiger partial charge in [0.15, 0.2) is 0 Å². The quantitative estimate of drug-likeness (QED) is 0.405. The minimum Gasteiger partial charge on any atom is -0.508 e. The van der Waals surface area contributed by atoms with Gasteiger partial charge in [0.25, 0.3) is 0 Å². The number of phenolic OH excluding ortho intramolecular Hbond substituents is 2. The lowest BCUT2D eigenvalue weighted by Gasteiger charge is -2.25. The topological polar surface area (TPSA) is 40.5 Å². The van der Waals surface area contributed by atoms with E-state index in [9.17, 15) is 10.2 Å². The average Bonchev–Trinajstić information content (AvgIpc) is 2.63. The first-order valence-electron chi connectivity index (χ1n) is 9.26. The predicted molar refractivity (Wildman–Crippen MR) is 114 cm³/mol. The summed E-state index contributed by atoms with van der Waals surface area (Å²) in [6, 6.07) is 7.88. The lowest BCUT2D eigenvalue weighted by atomic mass is 9.82. The number of halogens is 1. The van der Waals surface area contributed by atoms with Crippen molar-refractivity contribution in [1.29, 1.82) is 0 Å². The fourth-order valence-corrected chi connectivity index (χ4v) is 4.96. The SMILES string of the molecule is CCc1c(O)ccc(C(CI)c2ccc(O)c(CC)c2CC)c1CC. The molecule has 0 aliphatic carbocycles. The van der Waals surface area contributed by atoms with E-state index in [-0.39, 0.29) is 5.92 Å². The van der Waals surface area contributed by atoms with E-state index in [0.29, 0.717) is 11.5 Å².